The average molecular weight is 407 g/mol. The van der Waals surface area contributed by atoms with Crippen molar-refractivity contribution < 1.29 is 9.26 Å². The minimum Gasteiger partial charge on any atom is -0.497 e. The predicted molar refractivity (Wildman–Crippen MR) is 111 cm³/mol. The molecule has 0 saturated carbocycles. The maximum atomic E-state index is 5.27. The Morgan fingerprint density at radius 2 is 1.83 bits per heavy atom. The average Bonchev–Trinajstić information content (AvgIpc) is 3.37. The van der Waals surface area contributed by atoms with Crippen LogP contribution in [-0.2, 0) is 18.7 Å². The molecule has 0 amide bonds. The molecular weight excluding hydrogens is 386 g/mol. The fourth-order valence-corrected chi connectivity index (χ4v) is 3.76. The van der Waals surface area contributed by atoms with Crippen molar-refractivity contribution >= 4 is 11.8 Å². The van der Waals surface area contributed by atoms with E-state index in [1.165, 1.54) is 5.56 Å². The first-order valence-corrected chi connectivity index (χ1v) is 10.2. The molecule has 7 nitrogen and oxygen atoms in total. The van der Waals surface area contributed by atoms with Gasteiger partial charge < -0.3 is 13.8 Å². The number of ether oxygens (including phenoxy) is 1. The highest BCUT2D eigenvalue weighted by atomic mass is 32.2. The van der Waals surface area contributed by atoms with Crippen molar-refractivity contribution in [3.8, 4) is 17.1 Å². The summed E-state index contributed by atoms with van der Waals surface area (Å²) in [6.07, 6.45) is 0.884. The molecule has 148 valence electrons. The van der Waals surface area contributed by atoms with E-state index in [2.05, 4.69) is 49.2 Å². The summed E-state index contributed by atoms with van der Waals surface area (Å²) in [7, 11) is 1.66. The van der Waals surface area contributed by atoms with Crippen LogP contribution in [0.3, 0.4) is 0 Å². The molecule has 29 heavy (non-hydrogen) atoms. The number of nitrogens with zero attached hydrogens (tertiary/aromatic N) is 5. The second-order valence-electron chi connectivity index (χ2n) is 6.45. The van der Waals surface area contributed by atoms with Gasteiger partial charge in [0.1, 0.15) is 5.75 Å². The van der Waals surface area contributed by atoms with Crippen molar-refractivity contribution in [2.24, 2.45) is 0 Å². The standard InChI is InChI=1S/C21H21N5O2S/c1-15-22-19(28-25-15)14-29-21-24-23-20(17-8-10-18(27-2)11-9-17)26(21)13-12-16-6-4-3-5-7-16/h3-11H,12-14H2,1-2H3. The third-order valence-electron chi connectivity index (χ3n) is 4.43. The first-order chi connectivity index (χ1) is 14.2. The lowest BCUT2D eigenvalue weighted by Crippen LogP contribution is -2.05. The van der Waals surface area contributed by atoms with Gasteiger partial charge in [-0.15, -0.1) is 10.2 Å². The molecular formula is C21H21N5O2S. The number of methoxy groups -OCH3 is 1. The van der Waals surface area contributed by atoms with E-state index in [4.69, 9.17) is 9.26 Å². The molecule has 0 radical (unpaired) electrons. The van der Waals surface area contributed by atoms with Gasteiger partial charge in [-0.3, -0.25) is 0 Å². The van der Waals surface area contributed by atoms with E-state index in [-0.39, 0.29) is 0 Å². The lowest BCUT2D eigenvalue weighted by Gasteiger charge is -2.10. The minimum absolute atomic E-state index is 0.549. The molecule has 0 saturated heterocycles. The number of hydrogen-bond acceptors (Lipinski definition) is 7. The molecule has 0 fully saturated rings. The van der Waals surface area contributed by atoms with E-state index in [0.717, 1.165) is 35.3 Å². The SMILES string of the molecule is COc1ccc(-c2nnc(SCc3nc(C)no3)n2CCc2ccccc2)cc1. The Kier molecular flexibility index (Phi) is 5.90. The predicted octanol–water partition coefficient (Wildman–Crippen LogP) is 4.18. The largest absolute Gasteiger partial charge is 0.497 e. The van der Waals surface area contributed by atoms with E-state index in [1.54, 1.807) is 18.9 Å². The number of aryl methyl sites for hydroxylation is 2. The summed E-state index contributed by atoms with van der Waals surface area (Å²) >= 11 is 1.54. The Labute approximate surface area is 173 Å². The lowest BCUT2D eigenvalue weighted by atomic mass is 10.1. The molecule has 2 aromatic heterocycles. The van der Waals surface area contributed by atoms with Crippen LogP contribution in [0.2, 0.25) is 0 Å². The Bertz CT molecular complexity index is 1060. The molecule has 0 unspecified atom stereocenters. The molecule has 0 N–H and O–H groups in total. The van der Waals surface area contributed by atoms with Gasteiger partial charge in [0.05, 0.1) is 12.9 Å². The number of aromatic nitrogens is 5. The Morgan fingerprint density at radius 1 is 1.03 bits per heavy atom. The van der Waals surface area contributed by atoms with Gasteiger partial charge in [0, 0.05) is 12.1 Å². The van der Waals surface area contributed by atoms with Crippen LogP contribution in [0.15, 0.2) is 64.3 Å². The summed E-state index contributed by atoms with van der Waals surface area (Å²) in [5, 5.41) is 13.5. The van der Waals surface area contributed by atoms with Crippen LogP contribution >= 0.6 is 11.8 Å². The zero-order valence-corrected chi connectivity index (χ0v) is 17.1. The molecule has 2 aromatic carbocycles. The second-order valence-corrected chi connectivity index (χ2v) is 7.39. The Hall–Kier alpha value is -3.13. The number of rotatable bonds is 8. The summed E-state index contributed by atoms with van der Waals surface area (Å²) < 4.78 is 12.6. The van der Waals surface area contributed by atoms with Crippen LogP contribution in [0.1, 0.15) is 17.3 Å². The fourth-order valence-electron chi connectivity index (χ4n) is 2.96. The number of hydrogen-bond donors (Lipinski definition) is 0. The van der Waals surface area contributed by atoms with Crippen LogP contribution in [0, 0.1) is 6.92 Å². The highest BCUT2D eigenvalue weighted by Gasteiger charge is 2.16. The van der Waals surface area contributed by atoms with Crippen LogP contribution in [0.5, 0.6) is 5.75 Å². The van der Waals surface area contributed by atoms with Crippen molar-refractivity contribution in [2.75, 3.05) is 7.11 Å². The van der Waals surface area contributed by atoms with Crippen molar-refractivity contribution in [3.63, 3.8) is 0 Å². The highest BCUT2D eigenvalue weighted by molar-refractivity contribution is 7.98. The zero-order chi connectivity index (χ0) is 20.1. The van der Waals surface area contributed by atoms with Gasteiger partial charge >= 0.3 is 0 Å². The maximum absolute atomic E-state index is 5.27. The highest BCUT2D eigenvalue weighted by Crippen LogP contribution is 2.27. The quantitative estimate of drug-likeness (QED) is 0.405. The molecule has 0 aliphatic rings. The Morgan fingerprint density at radius 3 is 2.52 bits per heavy atom. The monoisotopic (exact) mass is 407 g/mol. The Balaban J connectivity index is 1.59. The van der Waals surface area contributed by atoms with E-state index in [1.807, 2.05) is 37.3 Å². The molecule has 8 heteroatoms. The lowest BCUT2D eigenvalue weighted by molar-refractivity contribution is 0.387. The van der Waals surface area contributed by atoms with Crippen LogP contribution in [-0.4, -0.2) is 32.0 Å². The number of thioether (sulfide) groups is 1. The second kappa shape index (κ2) is 8.91. The molecule has 0 bridgehead atoms. The van der Waals surface area contributed by atoms with Gasteiger partial charge in [-0.05, 0) is 43.2 Å². The minimum atomic E-state index is 0.549. The molecule has 0 aliphatic heterocycles. The van der Waals surface area contributed by atoms with Gasteiger partial charge in [0.2, 0.25) is 5.89 Å². The summed E-state index contributed by atoms with van der Waals surface area (Å²) in [6.45, 7) is 2.57. The van der Waals surface area contributed by atoms with Gasteiger partial charge in [0.15, 0.2) is 16.8 Å². The van der Waals surface area contributed by atoms with Crippen LogP contribution < -0.4 is 4.74 Å². The molecule has 4 rings (SSSR count). The molecule has 0 spiro atoms. The van der Waals surface area contributed by atoms with E-state index in [9.17, 15) is 0 Å². The van der Waals surface area contributed by atoms with Gasteiger partial charge in [-0.2, -0.15) is 4.98 Å². The summed E-state index contributed by atoms with van der Waals surface area (Å²) in [4.78, 5) is 4.26. The van der Waals surface area contributed by atoms with Gasteiger partial charge in [0.25, 0.3) is 0 Å². The summed E-state index contributed by atoms with van der Waals surface area (Å²) in [5.41, 5.74) is 2.26. The van der Waals surface area contributed by atoms with Gasteiger partial charge in [-0.25, -0.2) is 0 Å². The molecule has 0 atom stereocenters. The third-order valence-corrected chi connectivity index (χ3v) is 5.38. The molecule has 0 aliphatic carbocycles. The molecule has 2 heterocycles. The van der Waals surface area contributed by atoms with Crippen molar-refractivity contribution in [1.29, 1.82) is 0 Å². The summed E-state index contributed by atoms with van der Waals surface area (Å²) in [6, 6.07) is 18.3. The van der Waals surface area contributed by atoms with E-state index >= 15 is 0 Å². The van der Waals surface area contributed by atoms with Crippen molar-refractivity contribution in [2.45, 2.75) is 30.8 Å². The summed E-state index contributed by atoms with van der Waals surface area (Å²) in [5.74, 6) is 3.40. The van der Waals surface area contributed by atoms with Crippen LogP contribution in [0.4, 0.5) is 0 Å². The molecule has 4 aromatic rings. The third kappa shape index (κ3) is 4.65. The van der Waals surface area contributed by atoms with Crippen molar-refractivity contribution in [1.82, 2.24) is 24.9 Å². The normalized spacial score (nSPS) is 11.0. The smallest absolute Gasteiger partial charge is 0.237 e. The topological polar surface area (TPSA) is 78.9 Å². The van der Waals surface area contributed by atoms with Gasteiger partial charge in [-0.1, -0.05) is 47.3 Å². The zero-order valence-electron chi connectivity index (χ0n) is 16.3. The maximum Gasteiger partial charge on any atom is 0.237 e. The van der Waals surface area contributed by atoms with E-state index < -0.39 is 0 Å². The van der Waals surface area contributed by atoms with Crippen molar-refractivity contribution in [3.05, 3.63) is 71.9 Å². The fraction of sp³-hybridized carbons (Fsp3) is 0.238. The van der Waals surface area contributed by atoms with E-state index in [0.29, 0.717) is 17.5 Å². The first-order valence-electron chi connectivity index (χ1n) is 9.26. The van der Waals surface area contributed by atoms with Crippen LogP contribution in [0.25, 0.3) is 11.4 Å². The first kappa shape index (κ1) is 19.2. The number of benzene rings is 2.